The minimum absolute atomic E-state index is 0.209. The molecule has 0 saturated carbocycles. The molecule has 1 aromatic heterocycles. The van der Waals surface area contributed by atoms with E-state index in [0.717, 1.165) is 42.8 Å². The second-order valence-electron chi connectivity index (χ2n) is 6.66. The van der Waals surface area contributed by atoms with E-state index < -0.39 is 5.60 Å². The minimum Gasteiger partial charge on any atom is -0.444 e. The lowest BCUT2D eigenvalue weighted by atomic mass is 9.98. The maximum atomic E-state index is 12.2. The molecule has 1 N–H and O–H groups in total. The molecule has 0 radical (unpaired) electrons. The van der Waals surface area contributed by atoms with Crippen molar-refractivity contribution in [2.24, 2.45) is 5.92 Å². The first-order chi connectivity index (χ1) is 10.3. The van der Waals surface area contributed by atoms with Crippen molar-refractivity contribution in [3.63, 3.8) is 0 Å². The van der Waals surface area contributed by atoms with Crippen molar-refractivity contribution in [3.8, 4) is 0 Å². The van der Waals surface area contributed by atoms with Gasteiger partial charge in [0.2, 0.25) is 0 Å². The van der Waals surface area contributed by atoms with Crippen LogP contribution in [0.1, 0.15) is 33.6 Å². The molecule has 5 nitrogen and oxygen atoms in total. The van der Waals surface area contributed by atoms with Crippen molar-refractivity contribution in [1.82, 2.24) is 9.88 Å². The lowest BCUT2D eigenvalue weighted by Crippen LogP contribution is -2.44. The molecule has 0 aliphatic carbocycles. The number of hydrogen-bond donors (Lipinski definition) is 1. The van der Waals surface area contributed by atoms with Crippen LogP contribution >= 0.6 is 15.9 Å². The van der Waals surface area contributed by atoms with Gasteiger partial charge in [-0.25, -0.2) is 9.78 Å². The monoisotopic (exact) mass is 369 g/mol. The summed E-state index contributed by atoms with van der Waals surface area (Å²) < 4.78 is 6.27. The molecule has 1 amide bonds. The van der Waals surface area contributed by atoms with Crippen molar-refractivity contribution >= 4 is 27.7 Å². The van der Waals surface area contributed by atoms with Gasteiger partial charge in [0.05, 0.1) is 5.69 Å². The van der Waals surface area contributed by atoms with Gasteiger partial charge in [0.25, 0.3) is 0 Å². The first kappa shape index (κ1) is 17.1. The van der Waals surface area contributed by atoms with Gasteiger partial charge in [-0.1, -0.05) is 0 Å². The summed E-state index contributed by atoms with van der Waals surface area (Å²) >= 11 is 3.43. The van der Waals surface area contributed by atoms with Gasteiger partial charge in [-0.15, -0.1) is 0 Å². The number of amides is 1. The van der Waals surface area contributed by atoms with Crippen molar-refractivity contribution < 1.29 is 9.53 Å². The Morgan fingerprint density at radius 1 is 1.55 bits per heavy atom. The Morgan fingerprint density at radius 3 is 3.00 bits per heavy atom. The van der Waals surface area contributed by atoms with Gasteiger partial charge in [0.1, 0.15) is 10.2 Å². The Balaban J connectivity index is 1.86. The fourth-order valence-corrected chi connectivity index (χ4v) is 2.89. The normalized spacial score (nSPS) is 18.9. The van der Waals surface area contributed by atoms with Crippen molar-refractivity contribution in [3.05, 3.63) is 22.9 Å². The number of aromatic nitrogens is 1. The molecule has 1 saturated heterocycles. The Bertz CT molecular complexity index is 516. The van der Waals surface area contributed by atoms with Gasteiger partial charge in [-0.2, -0.15) is 0 Å². The standard InChI is InChI=1S/C16H24BrN3O2/c1-16(2,3)22-15(21)20-9-5-6-12(11-20)10-19-13-7-4-8-18-14(13)17/h4,7-8,12,19H,5-6,9-11H2,1-3H3. The van der Waals surface area contributed by atoms with Crippen LogP contribution in [0.15, 0.2) is 22.9 Å². The van der Waals surface area contributed by atoms with Crippen LogP contribution in [-0.2, 0) is 4.74 Å². The summed E-state index contributed by atoms with van der Waals surface area (Å²) in [6.45, 7) is 8.03. The molecule has 2 rings (SSSR count). The number of pyridine rings is 1. The highest BCUT2D eigenvalue weighted by molar-refractivity contribution is 9.10. The van der Waals surface area contributed by atoms with E-state index in [4.69, 9.17) is 4.74 Å². The van der Waals surface area contributed by atoms with Gasteiger partial charge >= 0.3 is 6.09 Å². The molecule has 22 heavy (non-hydrogen) atoms. The summed E-state index contributed by atoms with van der Waals surface area (Å²) in [4.78, 5) is 18.2. The summed E-state index contributed by atoms with van der Waals surface area (Å²) in [6, 6.07) is 3.90. The average Bonchev–Trinajstić information content (AvgIpc) is 2.45. The SMILES string of the molecule is CC(C)(C)OC(=O)N1CCCC(CNc2cccnc2Br)C1. The van der Waals surface area contributed by atoms with Gasteiger partial charge in [0.15, 0.2) is 0 Å². The molecular weight excluding hydrogens is 346 g/mol. The van der Waals surface area contributed by atoms with Gasteiger partial charge in [-0.05, 0) is 67.6 Å². The third-order valence-corrected chi connectivity index (χ3v) is 4.14. The zero-order valence-electron chi connectivity index (χ0n) is 13.4. The van der Waals surface area contributed by atoms with Crippen LogP contribution in [0.25, 0.3) is 0 Å². The Labute approximate surface area is 140 Å². The predicted molar refractivity (Wildman–Crippen MR) is 91.0 cm³/mol. The molecule has 1 fully saturated rings. The molecule has 1 aromatic rings. The summed E-state index contributed by atoms with van der Waals surface area (Å²) in [5, 5.41) is 3.40. The fourth-order valence-electron chi connectivity index (χ4n) is 2.50. The molecule has 1 aliphatic heterocycles. The second kappa shape index (κ2) is 7.31. The van der Waals surface area contributed by atoms with E-state index >= 15 is 0 Å². The summed E-state index contributed by atoms with van der Waals surface area (Å²) in [7, 11) is 0. The lowest BCUT2D eigenvalue weighted by molar-refractivity contribution is 0.0172. The summed E-state index contributed by atoms with van der Waals surface area (Å²) in [5.41, 5.74) is 0.542. The smallest absolute Gasteiger partial charge is 0.410 e. The molecule has 122 valence electrons. The Morgan fingerprint density at radius 2 is 2.32 bits per heavy atom. The zero-order valence-corrected chi connectivity index (χ0v) is 15.0. The molecule has 1 aliphatic rings. The highest BCUT2D eigenvalue weighted by atomic mass is 79.9. The molecule has 2 heterocycles. The summed E-state index contributed by atoms with van der Waals surface area (Å²) in [6.07, 6.45) is 3.67. The first-order valence-corrected chi connectivity index (χ1v) is 8.47. The minimum atomic E-state index is -0.442. The van der Waals surface area contributed by atoms with Crippen molar-refractivity contribution in [2.45, 2.75) is 39.2 Å². The van der Waals surface area contributed by atoms with E-state index in [9.17, 15) is 4.79 Å². The number of carbonyl (C=O) groups is 1. The van der Waals surface area contributed by atoms with Crippen LogP contribution in [0.2, 0.25) is 0 Å². The van der Waals surface area contributed by atoms with E-state index in [2.05, 4.69) is 26.2 Å². The number of piperidine rings is 1. The largest absolute Gasteiger partial charge is 0.444 e. The van der Waals surface area contributed by atoms with Crippen LogP contribution < -0.4 is 5.32 Å². The maximum Gasteiger partial charge on any atom is 0.410 e. The fraction of sp³-hybridized carbons (Fsp3) is 0.625. The number of ether oxygens (including phenoxy) is 1. The third kappa shape index (κ3) is 5.16. The average molecular weight is 370 g/mol. The van der Waals surface area contributed by atoms with E-state index in [1.807, 2.05) is 37.8 Å². The molecule has 0 bridgehead atoms. The number of rotatable bonds is 3. The molecular formula is C16H24BrN3O2. The van der Waals surface area contributed by atoms with Crippen molar-refractivity contribution in [1.29, 1.82) is 0 Å². The predicted octanol–water partition coefficient (Wildman–Crippen LogP) is 3.90. The number of hydrogen-bond acceptors (Lipinski definition) is 4. The van der Waals surface area contributed by atoms with Gasteiger partial charge < -0.3 is 15.0 Å². The number of nitrogens with one attached hydrogen (secondary N) is 1. The third-order valence-electron chi connectivity index (χ3n) is 3.51. The van der Waals surface area contributed by atoms with Crippen LogP contribution in [0.3, 0.4) is 0 Å². The topological polar surface area (TPSA) is 54.5 Å². The zero-order chi connectivity index (χ0) is 16.2. The van der Waals surface area contributed by atoms with E-state index in [0.29, 0.717) is 5.92 Å². The number of carbonyl (C=O) groups excluding carboxylic acids is 1. The number of anilines is 1. The summed E-state index contributed by atoms with van der Waals surface area (Å²) in [5.74, 6) is 0.424. The number of halogens is 1. The van der Waals surface area contributed by atoms with Gasteiger partial charge in [-0.3, -0.25) is 0 Å². The Hall–Kier alpha value is -1.30. The first-order valence-electron chi connectivity index (χ1n) is 7.67. The maximum absolute atomic E-state index is 12.2. The van der Waals surface area contributed by atoms with Crippen LogP contribution in [0, 0.1) is 5.92 Å². The molecule has 6 heteroatoms. The second-order valence-corrected chi connectivity index (χ2v) is 7.41. The lowest BCUT2D eigenvalue weighted by Gasteiger charge is -2.34. The van der Waals surface area contributed by atoms with Crippen LogP contribution in [0.5, 0.6) is 0 Å². The molecule has 0 spiro atoms. The Kier molecular flexibility index (Phi) is 5.67. The number of nitrogens with zero attached hydrogens (tertiary/aromatic N) is 2. The molecule has 1 unspecified atom stereocenters. The van der Waals surface area contributed by atoms with Crippen molar-refractivity contribution in [2.75, 3.05) is 25.0 Å². The number of likely N-dealkylation sites (tertiary alicyclic amines) is 1. The molecule has 0 aromatic carbocycles. The van der Waals surface area contributed by atoms with Crippen LogP contribution in [0.4, 0.5) is 10.5 Å². The van der Waals surface area contributed by atoms with E-state index in [1.165, 1.54) is 0 Å². The van der Waals surface area contributed by atoms with E-state index in [1.54, 1.807) is 6.20 Å². The van der Waals surface area contributed by atoms with E-state index in [-0.39, 0.29) is 6.09 Å². The van der Waals surface area contributed by atoms with Crippen LogP contribution in [-0.4, -0.2) is 41.2 Å². The molecule has 1 atom stereocenters. The highest BCUT2D eigenvalue weighted by Crippen LogP contribution is 2.22. The quantitative estimate of drug-likeness (QED) is 0.820. The van der Waals surface area contributed by atoms with Gasteiger partial charge in [0, 0.05) is 25.8 Å². The highest BCUT2D eigenvalue weighted by Gasteiger charge is 2.27.